The third kappa shape index (κ3) is 1.98. The van der Waals surface area contributed by atoms with E-state index in [9.17, 15) is 4.79 Å². The lowest BCUT2D eigenvalue weighted by molar-refractivity contribution is 0.00578. The molecule has 4 nitrogen and oxygen atoms in total. The average Bonchev–Trinajstić information content (AvgIpc) is 2.48. The van der Waals surface area contributed by atoms with Crippen LogP contribution in [0.1, 0.15) is 33.3 Å². The molecule has 5 heteroatoms. The summed E-state index contributed by atoms with van der Waals surface area (Å²) in [4.78, 5) is 14.1. The molecule has 1 N–H and O–H groups in total. The highest BCUT2D eigenvalue weighted by molar-refractivity contribution is 6.61. The van der Waals surface area contributed by atoms with Crippen LogP contribution in [-0.4, -0.2) is 23.3 Å². The molecule has 1 aromatic heterocycles. The molecule has 0 radical (unpaired) electrons. The maximum Gasteiger partial charge on any atom is 0.513 e. The van der Waals surface area contributed by atoms with Crippen LogP contribution in [0.4, 0.5) is 0 Å². The maximum atomic E-state index is 11.4. The Morgan fingerprint density at radius 1 is 1.22 bits per heavy atom. The zero-order chi connectivity index (χ0) is 13.6. The highest BCUT2D eigenvalue weighted by Gasteiger charge is 2.52. The fourth-order valence-electron chi connectivity index (χ4n) is 1.76. The minimum absolute atomic E-state index is 0.223. The van der Waals surface area contributed by atoms with Crippen LogP contribution in [0, 0.1) is 12.3 Å². The summed E-state index contributed by atoms with van der Waals surface area (Å²) < 4.78 is 11.7. The van der Waals surface area contributed by atoms with E-state index in [1.807, 2.05) is 27.7 Å². The van der Waals surface area contributed by atoms with Crippen molar-refractivity contribution >= 4 is 12.7 Å². The smallest absolute Gasteiger partial charge is 0.398 e. The summed E-state index contributed by atoms with van der Waals surface area (Å²) in [6, 6.07) is 2.99. The van der Waals surface area contributed by atoms with Crippen LogP contribution >= 0.6 is 0 Å². The largest absolute Gasteiger partial charge is 0.513 e. The van der Waals surface area contributed by atoms with Crippen molar-refractivity contribution in [2.24, 2.45) is 0 Å². The molecular formula is C13H16BNO3. The molecule has 1 fully saturated rings. The van der Waals surface area contributed by atoms with Gasteiger partial charge < -0.3 is 14.3 Å². The molecule has 1 aliphatic heterocycles. The van der Waals surface area contributed by atoms with Gasteiger partial charge in [-0.05, 0) is 33.8 Å². The summed E-state index contributed by atoms with van der Waals surface area (Å²) in [5.41, 5.74) is -0.0672. The van der Waals surface area contributed by atoms with E-state index < -0.39 is 18.3 Å². The second-order valence-electron chi connectivity index (χ2n) is 5.38. The standard InChI is InChI=1S/C13H16BNO3/c1-6-9-7-8-10(16)15-11(9)14-17-12(2,3)13(4,5)18-14/h1,7-8H,2-5H3,(H,15,16). The number of rotatable bonds is 1. The topological polar surface area (TPSA) is 51.3 Å². The summed E-state index contributed by atoms with van der Waals surface area (Å²) in [5, 5.41) is 0. The molecule has 0 unspecified atom stereocenters. The molecule has 0 atom stereocenters. The lowest BCUT2D eigenvalue weighted by Gasteiger charge is -2.32. The first-order valence-corrected chi connectivity index (χ1v) is 5.82. The van der Waals surface area contributed by atoms with Crippen LogP contribution in [-0.2, 0) is 9.31 Å². The Kier molecular flexibility index (Phi) is 2.88. The molecule has 1 saturated heterocycles. The van der Waals surface area contributed by atoms with Gasteiger partial charge in [0.15, 0.2) is 0 Å². The molecule has 1 aromatic rings. The van der Waals surface area contributed by atoms with Gasteiger partial charge in [-0.15, -0.1) is 6.42 Å². The van der Waals surface area contributed by atoms with Crippen LogP contribution in [0.3, 0.4) is 0 Å². The minimum atomic E-state index is -0.644. The van der Waals surface area contributed by atoms with Gasteiger partial charge in [0.25, 0.3) is 0 Å². The second-order valence-corrected chi connectivity index (χ2v) is 5.38. The second kappa shape index (κ2) is 4.01. The van der Waals surface area contributed by atoms with E-state index in [-0.39, 0.29) is 5.56 Å². The number of aromatic amines is 1. The predicted octanol–water partition coefficient (Wildman–Crippen LogP) is 0.655. The van der Waals surface area contributed by atoms with Gasteiger partial charge in [0.2, 0.25) is 5.56 Å². The van der Waals surface area contributed by atoms with Crippen LogP contribution in [0.2, 0.25) is 0 Å². The van der Waals surface area contributed by atoms with Gasteiger partial charge in [-0.25, -0.2) is 0 Å². The van der Waals surface area contributed by atoms with Gasteiger partial charge in [-0.3, -0.25) is 4.79 Å². The molecule has 0 amide bonds. The summed E-state index contributed by atoms with van der Waals surface area (Å²) in [7, 11) is -0.644. The highest BCUT2D eigenvalue weighted by atomic mass is 16.7. The SMILES string of the molecule is C#Cc1ccc(=O)[nH]c1B1OC(C)(C)C(C)(C)O1. The Labute approximate surface area is 107 Å². The number of terminal acetylenes is 1. The molecule has 0 bridgehead atoms. The molecule has 0 spiro atoms. The van der Waals surface area contributed by atoms with Gasteiger partial charge >= 0.3 is 7.12 Å². The lowest BCUT2D eigenvalue weighted by atomic mass is 9.81. The van der Waals surface area contributed by atoms with Crippen LogP contribution in [0.5, 0.6) is 0 Å². The quantitative estimate of drug-likeness (QED) is 0.584. The van der Waals surface area contributed by atoms with E-state index in [0.717, 1.165) is 0 Å². The Hall–Kier alpha value is -1.51. The van der Waals surface area contributed by atoms with Crippen molar-refractivity contribution in [1.82, 2.24) is 4.98 Å². The van der Waals surface area contributed by atoms with Gasteiger partial charge in [0.05, 0.1) is 16.8 Å². The number of hydrogen-bond donors (Lipinski definition) is 1. The highest BCUT2D eigenvalue weighted by Crippen LogP contribution is 2.36. The van der Waals surface area contributed by atoms with E-state index >= 15 is 0 Å². The van der Waals surface area contributed by atoms with Gasteiger partial charge in [-0.2, -0.15) is 0 Å². The van der Waals surface area contributed by atoms with Crippen molar-refractivity contribution in [2.75, 3.05) is 0 Å². The molecule has 1 aliphatic rings. The summed E-state index contributed by atoms with van der Waals surface area (Å²) in [6.07, 6.45) is 5.42. The Bertz CT molecular complexity index is 552. The molecule has 2 rings (SSSR count). The Morgan fingerprint density at radius 3 is 2.28 bits per heavy atom. The van der Waals surface area contributed by atoms with Crippen molar-refractivity contribution in [1.29, 1.82) is 0 Å². The fourth-order valence-corrected chi connectivity index (χ4v) is 1.76. The zero-order valence-electron chi connectivity index (χ0n) is 11.0. The molecule has 2 heterocycles. The Morgan fingerprint density at radius 2 is 1.78 bits per heavy atom. The van der Waals surface area contributed by atoms with Crippen LogP contribution in [0.25, 0.3) is 0 Å². The molecular weight excluding hydrogens is 229 g/mol. The molecule has 94 valence electrons. The first-order valence-electron chi connectivity index (χ1n) is 5.82. The van der Waals surface area contributed by atoms with E-state index in [1.165, 1.54) is 6.07 Å². The summed E-state index contributed by atoms with van der Waals surface area (Å²) in [6.45, 7) is 7.79. The van der Waals surface area contributed by atoms with Gasteiger partial charge in [0.1, 0.15) is 0 Å². The van der Waals surface area contributed by atoms with E-state index in [0.29, 0.717) is 11.2 Å². The lowest BCUT2D eigenvalue weighted by Crippen LogP contribution is -2.41. The maximum absolute atomic E-state index is 11.4. The molecule has 0 aromatic carbocycles. The molecule has 18 heavy (non-hydrogen) atoms. The number of aromatic nitrogens is 1. The number of nitrogens with one attached hydrogen (secondary N) is 1. The first-order chi connectivity index (χ1) is 8.27. The van der Waals surface area contributed by atoms with Crippen molar-refractivity contribution in [3.05, 3.63) is 28.0 Å². The summed E-state index contributed by atoms with van der Waals surface area (Å²) in [5.74, 6) is 2.52. The van der Waals surface area contributed by atoms with Crippen molar-refractivity contribution in [2.45, 2.75) is 38.9 Å². The van der Waals surface area contributed by atoms with Crippen molar-refractivity contribution in [3.8, 4) is 12.3 Å². The van der Waals surface area contributed by atoms with Gasteiger partial charge in [0, 0.05) is 11.6 Å². The number of pyridine rings is 1. The molecule has 0 aliphatic carbocycles. The zero-order valence-corrected chi connectivity index (χ0v) is 11.0. The monoisotopic (exact) mass is 245 g/mol. The van der Waals surface area contributed by atoms with Crippen molar-refractivity contribution < 1.29 is 9.31 Å². The number of hydrogen-bond acceptors (Lipinski definition) is 3. The van der Waals surface area contributed by atoms with Gasteiger partial charge in [-0.1, -0.05) is 5.92 Å². The Balaban J connectivity index is 2.44. The average molecular weight is 245 g/mol. The third-order valence-electron chi connectivity index (χ3n) is 3.59. The third-order valence-corrected chi connectivity index (χ3v) is 3.59. The molecule has 0 saturated carbocycles. The van der Waals surface area contributed by atoms with E-state index in [1.54, 1.807) is 6.07 Å². The minimum Gasteiger partial charge on any atom is -0.398 e. The van der Waals surface area contributed by atoms with Crippen LogP contribution in [0.15, 0.2) is 16.9 Å². The van der Waals surface area contributed by atoms with Crippen LogP contribution < -0.4 is 11.2 Å². The normalized spacial score (nSPS) is 20.7. The fraction of sp³-hybridized carbons (Fsp3) is 0.462. The van der Waals surface area contributed by atoms with E-state index in [4.69, 9.17) is 15.7 Å². The van der Waals surface area contributed by atoms with Crippen molar-refractivity contribution in [3.63, 3.8) is 0 Å². The van der Waals surface area contributed by atoms with E-state index in [2.05, 4.69) is 10.9 Å². The summed E-state index contributed by atoms with van der Waals surface area (Å²) >= 11 is 0. The first kappa shape index (κ1) is 12.9. The predicted molar refractivity (Wildman–Crippen MR) is 70.7 cm³/mol. The number of H-pyrrole nitrogens is 1.